The third-order valence-corrected chi connectivity index (χ3v) is 3.22. The quantitative estimate of drug-likeness (QED) is 0.848. The average Bonchev–Trinajstić information content (AvgIpc) is 2.89. The zero-order chi connectivity index (χ0) is 10.3. The molecule has 1 aliphatic carbocycles. The first-order valence-electron chi connectivity index (χ1n) is 4.27. The molecule has 1 saturated carbocycles. The Labute approximate surface area is 91.4 Å². The van der Waals surface area contributed by atoms with Crippen LogP contribution in [0.1, 0.15) is 17.9 Å². The standard InChI is InChI=1S/C10H8Cl2O2/c11-8-2-1-5(3-9(8)12)6-4-7(6)10(13)14/h1-3,6-7H,4H2,(H,13,14)/t6-,7-/m0/s1. The largest absolute Gasteiger partial charge is 0.481 e. The van der Waals surface area contributed by atoms with Gasteiger partial charge in [-0.05, 0) is 30.0 Å². The van der Waals surface area contributed by atoms with Crippen molar-refractivity contribution in [2.45, 2.75) is 12.3 Å². The summed E-state index contributed by atoms with van der Waals surface area (Å²) in [7, 11) is 0. The van der Waals surface area contributed by atoms with Crippen molar-refractivity contribution >= 4 is 29.2 Å². The van der Waals surface area contributed by atoms with Gasteiger partial charge in [-0.2, -0.15) is 0 Å². The molecule has 74 valence electrons. The summed E-state index contributed by atoms with van der Waals surface area (Å²) in [6.07, 6.45) is 0.702. The normalized spacial score (nSPS) is 24.7. The van der Waals surface area contributed by atoms with E-state index in [-0.39, 0.29) is 11.8 Å². The summed E-state index contributed by atoms with van der Waals surface area (Å²) in [6.45, 7) is 0. The van der Waals surface area contributed by atoms with Gasteiger partial charge in [-0.25, -0.2) is 0 Å². The molecule has 0 aliphatic heterocycles. The van der Waals surface area contributed by atoms with Gasteiger partial charge in [-0.15, -0.1) is 0 Å². The van der Waals surface area contributed by atoms with Crippen molar-refractivity contribution in [3.05, 3.63) is 33.8 Å². The molecule has 0 heterocycles. The topological polar surface area (TPSA) is 37.3 Å². The second kappa shape index (κ2) is 3.44. The maximum Gasteiger partial charge on any atom is 0.307 e. The van der Waals surface area contributed by atoms with Gasteiger partial charge in [0.2, 0.25) is 0 Å². The molecule has 1 aliphatic rings. The van der Waals surface area contributed by atoms with E-state index in [0.29, 0.717) is 16.5 Å². The molecule has 1 N–H and O–H groups in total. The number of halogens is 2. The average molecular weight is 231 g/mol. The monoisotopic (exact) mass is 230 g/mol. The summed E-state index contributed by atoms with van der Waals surface area (Å²) in [5.41, 5.74) is 0.965. The Morgan fingerprint density at radius 3 is 2.57 bits per heavy atom. The molecule has 0 radical (unpaired) electrons. The van der Waals surface area contributed by atoms with Crippen molar-refractivity contribution in [2.75, 3.05) is 0 Å². The van der Waals surface area contributed by atoms with Gasteiger partial charge in [0.1, 0.15) is 0 Å². The maximum absolute atomic E-state index is 10.6. The number of hydrogen-bond acceptors (Lipinski definition) is 1. The van der Waals surface area contributed by atoms with E-state index in [4.69, 9.17) is 28.3 Å². The van der Waals surface area contributed by atoms with Crippen molar-refractivity contribution < 1.29 is 9.90 Å². The summed E-state index contributed by atoms with van der Waals surface area (Å²) < 4.78 is 0. The van der Waals surface area contributed by atoms with Crippen LogP contribution in [0, 0.1) is 5.92 Å². The molecular formula is C10H8Cl2O2. The van der Waals surface area contributed by atoms with E-state index in [2.05, 4.69) is 0 Å². The van der Waals surface area contributed by atoms with Crippen LogP contribution in [0.5, 0.6) is 0 Å². The number of carboxylic acid groups (broad SMARTS) is 1. The van der Waals surface area contributed by atoms with E-state index in [1.807, 2.05) is 6.07 Å². The van der Waals surface area contributed by atoms with Crippen molar-refractivity contribution in [3.8, 4) is 0 Å². The Morgan fingerprint density at radius 1 is 1.36 bits per heavy atom. The fourth-order valence-electron chi connectivity index (χ4n) is 1.58. The van der Waals surface area contributed by atoms with Crippen LogP contribution in [0.3, 0.4) is 0 Å². The van der Waals surface area contributed by atoms with Gasteiger partial charge in [-0.3, -0.25) is 4.79 Å². The highest BCUT2D eigenvalue weighted by Crippen LogP contribution is 2.48. The lowest BCUT2D eigenvalue weighted by molar-refractivity contribution is -0.138. The molecule has 2 atom stereocenters. The van der Waals surface area contributed by atoms with E-state index in [1.165, 1.54) is 0 Å². The second-order valence-electron chi connectivity index (χ2n) is 3.46. The molecule has 2 rings (SSSR count). The van der Waals surface area contributed by atoms with Gasteiger partial charge in [0.05, 0.1) is 16.0 Å². The Morgan fingerprint density at radius 2 is 2.07 bits per heavy atom. The van der Waals surface area contributed by atoms with Gasteiger partial charge in [-0.1, -0.05) is 29.3 Å². The van der Waals surface area contributed by atoms with E-state index < -0.39 is 5.97 Å². The lowest BCUT2D eigenvalue weighted by atomic mass is 10.1. The Kier molecular flexibility index (Phi) is 2.41. The van der Waals surface area contributed by atoms with Gasteiger partial charge in [0, 0.05) is 0 Å². The van der Waals surface area contributed by atoms with Crippen molar-refractivity contribution in [2.24, 2.45) is 5.92 Å². The molecule has 14 heavy (non-hydrogen) atoms. The van der Waals surface area contributed by atoms with E-state index in [0.717, 1.165) is 5.56 Å². The van der Waals surface area contributed by atoms with Crippen LogP contribution in [0.25, 0.3) is 0 Å². The SMILES string of the molecule is O=C(O)[C@H]1C[C@H]1c1ccc(Cl)c(Cl)c1. The molecule has 0 spiro atoms. The van der Waals surface area contributed by atoms with E-state index >= 15 is 0 Å². The molecule has 1 aromatic rings. The molecule has 0 amide bonds. The molecule has 0 aromatic heterocycles. The molecule has 1 aromatic carbocycles. The van der Waals surface area contributed by atoms with Crippen LogP contribution in [-0.2, 0) is 4.79 Å². The van der Waals surface area contributed by atoms with Crippen molar-refractivity contribution in [1.82, 2.24) is 0 Å². The third kappa shape index (κ3) is 1.72. The number of hydrogen-bond donors (Lipinski definition) is 1. The Hall–Kier alpha value is -0.730. The smallest absolute Gasteiger partial charge is 0.307 e. The van der Waals surface area contributed by atoms with Crippen LogP contribution in [-0.4, -0.2) is 11.1 Å². The summed E-state index contributed by atoms with van der Waals surface area (Å²) in [5.74, 6) is -0.865. The fraction of sp³-hybridized carbons (Fsp3) is 0.300. The van der Waals surface area contributed by atoms with Gasteiger partial charge in [0.25, 0.3) is 0 Å². The molecular weight excluding hydrogens is 223 g/mol. The van der Waals surface area contributed by atoms with Crippen molar-refractivity contribution in [3.63, 3.8) is 0 Å². The number of carbonyl (C=O) groups is 1. The minimum Gasteiger partial charge on any atom is -0.481 e. The van der Waals surface area contributed by atoms with Crippen LogP contribution < -0.4 is 0 Å². The number of rotatable bonds is 2. The van der Waals surface area contributed by atoms with Crippen LogP contribution in [0.15, 0.2) is 18.2 Å². The lowest BCUT2D eigenvalue weighted by Gasteiger charge is -2.00. The molecule has 0 bridgehead atoms. The van der Waals surface area contributed by atoms with Gasteiger partial charge < -0.3 is 5.11 Å². The molecule has 2 nitrogen and oxygen atoms in total. The number of aliphatic carboxylic acids is 1. The first kappa shape index (κ1) is 9.81. The minimum absolute atomic E-state index is 0.113. The zero-order valence-corrected chi connectivity index (χ0v) is 8.72. The van der Waals surface area contributed by atoms with E-state index in [1.54, 1.807) is 12.1 Å². The Balaban J connectivity index is 2.20. The summed E-state index contributed by atoms with van der Waals surface area (Å²) >= 11 is 11.6. The molecule has 0 saturated heterocycles. The lowest BCUT2D eigenvalue weighted by Crippen LogP contribution is -1.98. The first-order valence-corrected chi connectivity index (χ1v) is 5.03. The first-order chi connectivity index (χ1) is 6.59. The zero-order valence-electron chi connectivity index (χ0n) is 7.21. The highest BCUT2D eigenvalue weighted by Gasteiger charge is 2.44. The fourth-order valence-corrected chi connectivity index (χ4v) is 1.89. The van der Waals surface area contributed by atoms with E-state index in [9.17, 15) is 4.79 Å². The summed E-state index contributed by atoms with van der Waals surface area (Å²) in [6, 6.07) is 5.29. The van der Waals surface area contributed by atoms with Crippen LogP contribution in [0.4, 0.5) is 0 Å². The predicted molar refractivity (Wildman–Crippen MR) is 54.9 cm³/mol. The van der Waals surface area contributed by atoms with Gasteiger partial charge >= 0.3 is 5.97 Å². The second-order valence-corrected chi connectivity index (χ2v) is 4.27. The van der Waals surface area contributed by atoms with Crippen LogP contribution in [0.2, 0.25) is 10.0 Å². The van der Waals surface area contributed by atoms with Gasteiger partial charge in [0.15, 0.2) is 0 Å². The maximum atomic E-state index is 10.6. The van der Waals surface area contributed by atoms with Crippen molar-refractivity contribution in [1.29, 1.82) is 0 Å². The molecule has 0 unspecified atom stereocenters. The molecule has 4 heteroatoms. The summed E-state index contributed by atoms with van der Waals surface area (Å²) in [4.78, 5) is 10.6. The number of benzene rings is 1. The number of carboxylic acids is 1. The van der Waals surface area contributed by atoms with Crippen LogP contribution >= 0.6 is 23.2 Å². The molecule has 1 fully saturated rings. The highest BCUT2D eigenvalue weighted by molar-refractivity contribution is 6.42. The minimum atomic E-state index is -0.735. The highest BCUT2D eigenvalue weighted by atomic mass is 35.5. The predicted octanol–water partition coefficient (Wildman–Crippen LogP) is 3.18. The Bertz CT molecular complexity index is 390. The third-order valence-electron chi connectivity index (χ3n) is 2.48. The summed E-state index contributed by atoms with van der Waals surface area (Å²) in [5, 5.41) is 9.74.